The van der Waals surface area contributed by atoms with Crippen molar-refractivity contribution in [1.82, 2.24) is 9.97 Å². The van der Waals surface area contributed by atoms with Crippen LogP contribution in [0.25, 0.3) is 12.2 Å². The van der Waals surface area contributed by atoms with Crippen molar-refractivity contribution in [2.45, 2.75) is 0 Å². The first-order valence-electron chi connectivity index (χ1n) is 6.81. The number of ether oxygens (including phenoxy) is 1. The van der Waals surface area contributed by atoms with Gasteiger partial charge in [-0.25, -0.2) is 9.97 Å². The monoisotopic (exact) mass is 267 g/mol. The molecular formula is C16H17N3O. The smallest absolute Gasteiger partial charge is 0.154 e. The van der Waals surface area contributed by atoms with Crippen LogP contribution in [0.15, 0.2) is 42.6 Å². The van der Waals surface area contributed by atoms with Crippen LogP contribution in [0.5, 0.6) is 0 Å². The maximum absolute atomic E-state index is 5.36. The summed E-state index contributed by atoms with van der Waals surface area (Å²) >= 11 is 0. The lowest BCUT2D eigenvalue weighted by atomic mass is 10.2. The second-order valence-corrected chi connectivity index (χ2v) is 4.62. The molecule has 0 bridgehead atoms. The summed E-state index contributed by atoms with van der Waals surface area (Å²) in [6, 6.07) is 12.1. The summed E-state index contributed by atoms with van der Waals surface area (Å²) in [5.41, 5.74) is 1.15. The highest BCUT2D eigenvalue weighted by Gasteiger charge is 2.12. The molecule has 0 atom stereocenters. The molecule has 102 valence electrons. The molecule has 0 aliphatic carbocycles. The lowest BCUT2D eigenvalue weighted by molar-refractivity contribution is 0.122. The molecule has 0 amide bonds. The third-order valence-corrected chi connectivity index (χ3v) is 3.22. The zero-order chi connectivity index (χ0) is 13.6. The van der Waals surface area contributed by atoms with E-state index in [0.29, 0.717) is 0 Å². The van der Waals surface area contributed by atoms with Crippen LogP contribution in [0.2, 0.25) is 0 Å². The molecule has 3 rings (SSSR count). The first kappa shape index (κ1) is 12.8. The van der Waals surface area contributed by atoms with Crippen molar-refractivity contribution in [1.29, 1.82) is 0 Å². The topological polar surface area (TPSA) is 38.2 Å². The number of nitrogens with zero attached hydrogens (tertiary/aromatic N) is 3. The summed E-state index contributed by atoms with van der Waals surface area (Å²) in [6.07, 6.45) is 5.78. The lowest BCUT2D eigenvalue weighted by Gasteiger charge is -2.27. The summed E-state index contributed by atoms with van der Waals surface area (Å²) < 4.78 is 5.36. The van der Waals surface area contributed by atoms with E-state index in [1.54, 1.807) is 0 Å². The predicted octanol–water partition coefficient (Wildman–Crippen LogP) is 2.48. The van der Waals surface area contributed by atoms with Gasteiger partial charge in [0.25, 0.3) is 0 Å². The van der Waals surface area contributed by atoms with Crippen LogP contribution in [0.1, 0.15) is 11.4 Å². The van der Waals surface area contributed by atoms with E-state index in [1.807, 2.05) is 42.6 Å². The Morgan fingerprint density at radius 2 is 1.80 bits per heavy atom. The number of hydrogen-bond acceptors (Lipinski definition) is 4. The van der Waals surface area contributed by atoms with Gasteiger partial charge in [-0.1, -0.05) is 36.4 Å². The number of rotatable bonds is 3. The van der Waals surface area contributed by atoms with E-state index < -0.39 is 0 Å². The van der Waals surface area contributed by atoms with Crippen LogP contribution in [-0.4, -0.2) is 36.3 Å². The minimum absolute atomic E-state index is 0.734. The first-order chi connectivity index (χ1) is 9.92. The molecule has 0 radical (unpaired) electrons. The minimum Gasteiger partial charge on any atom is -0.378 e. The Bertz CT molecular complexity index is 577. The summed E-state index contributed by atoms with van der Waals surface area (Å²) in [5.74, 6) is 1.70. The zero-order valence-electron chi connectivity index (χ0n) is 11.3. The van der Waals surface area contributed by atoms with Crippen molar-refractivity contribution in [3.05, 3.63) is 54.0 Å². The normalized spacial score (nSPS) is 15.7. The quantitative estimate of drug-likeness (QED) is 0.856. The summed E-state index contributed by atoms with van der Waals surface area (Å²) in [6.45, 7) is 3.30. The molecule has 0 unspecified atom stereocenters. The number of hydrogen-bond donors (Lipinski definition) is 0. The van der Waals surface area contributed by atoms with Gasteiger partial charge in [0.15, 0.2) is 5.82 Å². The minimum atomic E-state index is 0.734. The van der Waals surface area contributed by atoms with E-state index >= 15 is 0 Å². The molecular weight excluding hydrogens is 250 g/mol. The molecule has 1 aliphatic heterocycles. The average molecular weight is 267 g/mol. The van der Waals surface area contributed by atoms with Gasteiger partial charge < -0.3 is 9.64 Å². The summed E-state index contributed by atoms with van der Waals surface area (Å²) in [4.78, 5) is 11.1. The van der Waals surface area contributed by atoms with E-state index in [2.05, 4.69) is 27.0 Å². The van der Waals surface area contributed by atoms with Gasteiger partial charge in [0.05, 0.1) is 13.2 Å². The molecule has 4 nitrogen and oxygen atoms in total. The standard InChI is InChI=1S/C16H17N3O/c1-2-4-14(5-3-1)6-7-15-17-9-8-16(18-15)19-10-12-20-13-11-19/h1-9H,10-13H2/b7-6+. The van der Waals surface area contributed by atoms with Crippen LogP contribution >= 0.6 is 0 Å². The van der Waals surface area contributed by atoms with Crippen molar-refractivity contribution >= 4 is 18.0 Å². The van der Waals surface area contributed by atoms with Crippen molar-refractivity contribution in [3.8, 4) is 0 Å². The molecule has 4 heteroatoms. The fourth-order valence-corrected chi connectivity index (χ4v) is 2.15. The molecule has 2 heterocycles. The van der Waals surface area contributed by atoms with Crippen LogP contribution < -0.4 is 4.90 Å². The van der Waals surface area contributed by atoms with Crippen molar-refractivity contribution < 1.29 is 4.74 Å². The van der Waals surface area contributed by atoms with Gasteiger partial charge in [-0.05, 0) is 17.7 Å². The maximum atomic E-state index is 5.36. The fourth-order valence-electron chi connectivity index (χ4n) is 2.15. The van der Waals surface area contributed by atoms with Gasteiger partial charge in [-0.3, -0.25) is 0 Å². The van der Waals surface area contributed by atoms with E-state index in [1.165, 1.54) is 0 Å². The van der Waals surface area contributed by atoms with Gasteiger partial charge in [-0.2, -0.15) is 0 Å². The largest absolute Gasteiger partial charge is 0.378 e. The molecule has 20 heavy (non-hydrogen) atoms. The molecule has 1 aromatic heterocycles. The van der Waals surface area contributed by atoms with E-state index in [-0.39, 0.29) is 0 Å². The van der Waals surface area contributed by atoms with E-state index in [0.717, 1.165) is 43.5 Å². The Balaban J connectivity index is 1.75. The number of anilines is 1. The SMILES string of the molecule is C(=C\c1nccc(N2CCOCC2)n1)/c1ccccc1. The number of aromatic nitrogens is 2. The fraction of sp³-hybridized carbons (Fsp3) is 0.250. The number of benzene rings is 1. The van der Waals surface area contributed by atoms with E-state index in [9.17, 15) is 0 Å². The molecule has 1 aromatic carbocycles. The van der Waals surface area contributed by atoms with Crippen LogP contribution in [0.4, 0.5) is 5.82 Å². The van der Waals surface area contributed by atoms with Crippen LogP contribution in [0.3, 0.4) is 0 Å². The maximum Gasteiger partial charge on any atom is 0.154 e. The van der Waals surface area contributed by atoms with Crippen molar-refractivity contribution in [2.24, 2.45) is 0 Å². The predicted molar refractivity (Wildman–Crippen MR) is 80.4 cm³/mol. The average Bonchev–Trinajstić information content (AvgIpc) is 2.55. The van der Waals surface area contributed by atoms with Crippen molar-refractivity contribution in [2.75, 3.05) is 31.2 Å². The van der Waals surface area contributed by atoms with Gasteiger partial charge in [0.2, 0.25) is 0 Å². The molecule has 1 aliphatic rings. The van der Waals surface area contributed by atoms with Gasteiger partial charge >= 0.3 is 0 Å². The Labute approximate surface area is 118 Å². The van der Waals surface area contributed by atoms with Gasteiger partial charge in [0.1, 0.15) is 5.82 Å². The highest BCUT2D eigenvalue weighted by Crippen LogP contribution is 2.13. The first-order valence-corrected chi connectivity index (χ1v) is 6.81. The Morgan fingerprint density at radius 3 is 2.60 bits per heavy atom. The molecule has 1 saturated heterocycles. The summed E-state index contributed by atoms with van der Waals surface area (Å²) in [5, 5.41) is 0. The van der Waals surface area contributed by atoms with Crippen LogP contribution in [-0.2, 0) is 4.74 Å². The van der Waals surface area contributed by atoms with Gasteiger partial charge in [-0.15, -0.1) is 0 Å². The summed E-state index contributed by atoms with van der Waals surface area (Å²) in [7, 11) is 0. The Kier molecular flexibility index (Phi) is 4.04. The van der Waals surface area contributed by atoms with Crippen molar-refractivity contribution in [3.63, 3.8) is 0 Å². The molecule has 2 aromatic rings. The Morgan fingerprint density at radius 1 is 1.00 bits per heavy atom. The zero-order valence-corrected chi connectivity index (χ0v) is 11.3. The molecule has 0 spiro atoms. The van der Waals surface area contributed by atoms with Gasteiger partial charge in [0, 0.05) is 19.3 Å². The molecule has 0 saturated carbocycles. The highest BCUT2D eigenvalue weighted by molar-refractivity contribution is 5.66. The third kappa shape index (κ3) is 3.22. The third-order valence-electron chi connectivity index (χ3n) is 3.22. The lowest BCUT2D eigenvalue weighted by Crippen LogP contribution is -2.36. The Hall–Kier alpha value is -2.20. The van der Waals surface area contributed by atoms with Crippen LogP contribution in [0, 0.1) is 0 Å². The van der Waals surface area contributed by atoms with E-state index in [4.69, 9.17) is 4.74 Å². The second-order valence-electron chi connectivity index (χ2n) is 4.62. The molecule has 1 fully saturated rings. The second kappa shape index (κ2) is 6.30. The number of morpholine rings is 1. The molecule has 0 N–H and O–H groups in total. The highest BCUT2D eigenvalue weighted by atomic mass is 16.5.